The molecule has 0 saturated heterocycles. The first-order valence-corrected chi connectivity index (χ1v) is 7.45. The predicted molar refractivity (Wildman–Crippen MR) is 87.3 cm³/mol. The minimum Gasteiger partial charge on any atom is -0.508 e. The van der Waals surface area contributed by atoms with Gasteiger partial charge in [-0.3, -0.25) is 0 Å². The molecule has 0 aliphatic heterocycles. The molecule has 112 valence electrons. The average molecular weight is 284 g/mol. The summed E-state index contributed by atoms with van der Waals surface area (Å²) < 4.78 is 0. The fraction of sp³-hybridized carbons (Fsp3) is 0.368. The van der Waals surface area contributed by atoms with Crippen LogP contribution in [0.2, 0.25) is 0 Å². The molecule has 0 unspecified atom stereocenters. The van der Waals surface area contributed by atoms with Crippen LogP contribution in [-0.4, -0.2) is 10.2 Å². The number of aromatic hydroxyl groups is 2. The molecule has 0 heterocycles. The molecule has 0 radical (unpaired) electrons. The second-order valence-corrected chi connectivity index (χ2v) is 5.95. The second-order valence-electron chi connectivity index (χ2n) is 5.95. The van der Waals surface area contributed by atoms with Gasteiger partial charge in [-0.15, -0.1) is 0 Å². The van der Waals surface area contributed by atoms with Crippen molar-refractivity contribution in [3.8, 4) is 11.5 Å². The summed E-state index contributed by atoms with van der Waals surface area (Å²) in [6, 6.07) is 7.32. The van der Waals surface area contributed by atoms with E-state index in [-0.39, 0.29) is 5.92 Å². The zero-order valence-corrected chi connectivity index (χ0v) is 13.5. The van der Waals surface area contributed by atoms with Crippen LogP contribution < -0.4 is 0 Å². The highest BCUT2D eigenvalue weighted by molar-refractivity contribution is 5.51. The molecule has 2 rings (SSSR count). The van der Waals surface area contributed by atoms with Crippen molar-refractivity contribution >= 4 is 0 Å². The standard InChI is InChI=1S/C19H24O2/c1-6-17(18-11(2)7-15(20)8-12(18)3)19-13(4)9-16(21)10-14(19)5/h7-10,17,20-21H,6H2,1-5H3. The van der Waals surface area contributed by atoms with Crippen molar-refractivity contribution in [1.29, 1.82) is 0 Å². The second kappa shape index (κ2) is 5.80. The van der Waals surface area contributed by atoms with Crippen LogP contribution in [0.3, 0.4) is 0 Å². The molecule has 0 fully saturated rings. The number of benzene rings is 2. The molecule has 0 spiro atoms. The first-order chi connectivity index (χ1) is 9.85. The lowest BCUT2D eigenvalue weighted by molar-refractivity contribution is 0.473. The molecule has 2 heteroatoms. The fourth-order valence-electron chi connectivity index (χ4n) is 3.56. The lowest BCUT2D eigenvalue weighted by Gasteiger charge is -2.25. The Morgan fingerprint density at radius 3 is 1.24 bits per heavy atom. The number of hydrogen-bond donors (Lipinski definition) is 2. The molecule has 2 N–H and O–H groups in total. The summed E-state index contributed by atoms with van der Waals surface area (Å²) in [5, 5.41) is 19.5. The SMILES string of the molecule is CCC(c1c(C)cc(O)cc1C)c1c(C)cc(O)cc1C. The number of phenols is 2. The Hall–Kier alpha value is -1.96. The molecular formula is C19H24O2. The van der Waals surface area contributed by atoms with Crippen molar-refractivity contribution in [2.45, 2.75) is 47.0 Å². The molecule has 0 amide bonds. The minimum atomic E-state index is 0.284. The van der Waals surface area contributed by atoms with Gasteiger partial charge in [-0.2, -0.15) is 0 Å². The number of rotatable bonds is 3. The highest BCUT2D eigenvalue weighted by Gasteiger charge is 2.21. The van der Waals surface area contributed by atoms with E-state index in [9.17, 15) is 10.2 Å². The van der Waals surface area contributed by atoms with Gasteiger partial charge >= 0.3 is 0 Å². The molecule has 2 nitrogen and oxygen atoms in total. The summed E-state index contributed by atoms with van der Waals surface area (Å²) in [5.41, 5.74) is 7.04. The number of hydrogen-bond acceptors (Lipinski definition) is 2. The van der Waals surface area contributed by atoms with E-state index < -0.39 is 0 Å². The Morgan fingerprint density at radius 1 is 0.714 bits per heavy atom. The van der Waals surface area contributed by atoms with Crippen molar-refractivity contribution in [3.05, 3.63) is 57.6 Å². The lowest BCUT2D eigenvalue weighted by Crippen LogP contribution is -2.08. The van der Waals surface area contributed by atoms with Crippen LogP contribution >= 0.6 is 0 Å². The Bertz CT molecular complexity index is 568. The van der Waals surface area contributed by atoms with Crippen molar-refractivity contribution in [1.82, 2.24) is 0 Å². The van der Waals surface area contributed by atoms with Gasteiger partial charge in [0.05, 0.1) is 0 Å². The first kappa shape index (κ1) is 15.4. The first-order valence-electron chi connectivity index (χ1n) is 7.45. The van der Waals surface area contributed by atoms with E-state index in [1.807, 2.05) is 24.3 Å². The maximum atomic E-state index is 9.76. The lowest BCUT2D eigenvalue weighted by atomic mass is 9.80. The summed E-state index contributed by atoms with van der Waals surface area (Å²) in [5.74, 6) is 0.928. The Morgan fingerprint density at radius 2 is 1.00 bits per heavy atom. The smallest absolute Gasteiger partial charge is 0.116 e. The summed E-state index contributed by atoms with van der Waals surface area (Å²) in [6.07, 6.45) is 0.985. The van der Waals surface area contributed by atoms with Gasteiger partial charge in [0.25, 0.3) is 0 Å². The molecule has 0 aliphatic carbocycles. The highest BCUT2D eigenvalue weighted by Crippen LogP contribution is 2.38. The van der Waals surface area contributed by atoms with E-state index in [0.29, 0.717) is 11.5 Å². The van der Waals surface area contributed by atoms with E-state index in [1.54, 1.807) is 0 Å². The third kappa shape index (κ3) is 2.90. The van der Waals surface area contributed by atoms with Gasteiger partial charge in [0.15, 0.2) is 0 Å². The number of phenolic OH excluding ortho intramolecular Hbond substituents is 2. The van der Waals surface area contributed by atoms with Crippen LogP contribution in [0.4, 0.5) is 0 Å². The van der Waals surface area contributed by atoms with Gasteiger partial charge in [0.2, 0.25) is 0 Å². The summed E-state index contributed by atoms with van der Waals surface area (Å²) >= 11 is 0. The van der Waals surface area contributed by atoms with Crippen LogP contribution in [0.5, 0.6) is 11.5 Å². The van der Waals surface area contributed by atoms with Gasteiger partial charge < -0.3 is 10.2 Å². The predicted octanol–water partition coefficient (Wildman–Crippen LogP) is 4.87. The minimum absolute atomic E-state index is 0.284. The molecule has 2 aromatic rings. The Kier molecular flexibility index (Phi) is 4.26. The van der Waals surface area contributed by atoms with Gasteiger partial charge in [-0.05, 0) is 91.8 Å². The molecule has 0 atom stereocenters. The normalized spacial score (nSPS) is 11.1. The zero-order valence-electron chi connectivity index (χ0n) is 13.5. The molecule has 0 saturated carbocycles. The van der Waals surface area contributed by atoms with Gasteiger partial charge in [0.1, 0.15) is 11.5 Å². The van der Waals surface area contributed by atoms with Crippen molar-refractivity contribution < 1.29 is 10.2 Å². The Labute approximate surface area is 127 Å². The highest BCUT2D eigenvalue weighted by atomic mass is 16.3. The average Bonchev–Trinajstić information content (AvgIpc) is 2.34. The van der Waals surface area contributed by atoms with Crippen LogP contribution in [0.25, 0.3) is 0 Å². The Balaban J connectivity index is 2.66. The molecule has 0 bridgehead atoms. The van der Waals surface area contributed by atoms with E-state index >= 15 is 0 Å². The summed E-state index contributed by atoms with van der Waals surface area (Å²) in [7, 11) is 0. The summed E-state index contributed by atoms with van der Waals surface area (Å²) in [4.78, 5) is 0. The van der Waals surface area contributed by atoms with Gasteiger partial charge in [0, 0.05) is 5.92 Å². The van der Waals surface area contributed by atoms with Crippen molar-refractivity contribution in [2.24, 2.45) is 0 Å². The number of aryl methyl sites for hydroxylation is 4. The van der Waals surface area contributed by atoms with Crippen molar-refractivity contribution in [2.75, 3.05) is 0 Å². The zero-order chi connectivity index (χ0) is 15.7. The van der Waals surface area contributed by atoms with Gasteiger partial charge in [-0.25, -0.2) is 0 Å². The van der Waals surface area contributed by atoms with E-state index in [2.05, 4.69) is 34.6 Å². The quantitative estimate of drug-likeness (QED) is 0.844. The maximum absolute atomic E-state index is 9.76. The van der Waals surface area contributed by atoms with Crippen LogP contribution in [0.1, 0.15) is 52.6 Å². The molecule has 0 aromatic heterocycles. The van der Waals surface area contributed by atoms with E-state index in [0.717, 1.165) is 28.7 Å². The maximum Gasteiger partial charge on any atom is 0.116 e. The largest absolute Gasteiger partial charge is 0.508 e. The molecular weight excluding hydrogens is 260 g/mol. The fourth-order valence-corrected chi connectivity index (χ4v) is 3.56. The van der Waals surface area contributed by atoms with Crippen LogP contribution in [-0.2, 0) is 0 Å². The van der Waals surface area contributed by atoms with Crippen molar-refractivity contribution in [3.63, 3.8) is 0 Å². The monoisotopic (exact) mass is 284 g/mol. The molecule has 2 aromatic carbocycles. The van der Waals surface area contributed by atoms with Gasteiger partial charge in [-0.1, -0.05) is 6.92 Å². The van der Waals surface area contributed by atoms with Crippen LogP contribution in [0, 0.1) is 27.7 Å². The summed E-state index contributed by atoms with van der Waals surface area (Å²) in [6.45, 7) is 10.4. The third-order valence-electron chi connectivity index (χ3n) is 4.26. The molecule has 21 heavy (non-hydrogen) atoms. The molecule has 0 aliphatic rings. The topological polar surface area (TPSA) is 40.5 Å². The third-order valence-corrected chi connectivity index (χ3v) is 4.26. The van der Waals surface area contributed by atoms with Crippen LogP contribution in [0.15, 0.2) is 24.3 Å². The van der Waals surface area contributed by atoms with E-state index in [4.69, 9.17) is 0 Å². The van der Waals surface area contributed by atoms with E-state index in [1.165, 1.54) is 11.1 Å².